The van der Waals surface area contributed by atoms with Gasteiger partial charge in [-0.25, -0.2) is 4.39 Å². The third kappa shape index (κ3) is 3.17. The standard InChI is InChI=1S/C15H20FN3O/c1-3-10(2)19-7-6-12(18-19)9-15(20)13-8-11(16)4-5-14(13)17/h4-8,10,15,20H,3,9,17H2,1-2H3. The maximum absolute atomic E-state index is 13.2. The maximum atomic E-state index is 13.2. The summed E-state index contributed by atoms with van der Waals surface area (Å²) < 4.78 is 15.1. The van der Waals surface area contributed by atoms with Gasteiger partial charge in [0.15, 0.2) is 0 Å². The number of aromatic nitrogens is 2. The van der Waals surface area contributed by atoms with E-state index >= 15 is 0 Å². The Bertz CT molecular complexity index is 582. The first-order valence-corrected chi connectivity index (χ1v) is 6.78. The number of nitrogens with zero attached hydrogens (tertiary/aromatic N) is 2. The van der Waals surface area contributed by atoms with Gasteiger partial charge in [-0.05, 0) is 37.6 Å². The minimum Gasteiger partial charge on any atom is -0.398 e. The van der Waals surface area contributed by atoms with Crippen molar-refractivity contribution in [1.29, 1.82) is 0 Å². The molecule has 20 heavy (non-hydrogen) atoms. The number of benzene rings is 1. The predicted molar refractivity (Wildman–Crippen MR) is 76.7 cm³/mol. The first-order chi connectivity index (χ1) is 9.51. The molecule has 2 aromatic rings. The van der Waals surface area contributed by atoms with E-state index in [4.69, 9.17) is 5.73 Å². The molecular formula is C15H20FN3O. The van der Waals surface area contributed by atoms with Crippen LogP contribution in [0.1, 0.15) is 43.7 Å². The molecule has 0 radical (unpaired) electrons. The van der Waals surface area contributed by atoms with Crippen LogP contribution in [0, 0.1) is 5.82 Å². The second-order valence-electron chi connectivity index (χ2n) is 5.04. The minimum absolute atomic E-state index is 0.317. The molecule has 4 nitrogen and oxygen atoms in total. The van der Waals surface area contributed by atoms with E-state index in [1.165, 1.54) is 18.2 Å². The number of rotatable bonds is 5. The van der Waals surface area contributed by atoms with Gasteiger partial charge in [0.2, 0.25) is 0 Å². The molecule has 2 unspecified atom stereocenters. The Morgan fingerprint density at radius 2 is 2.15 bits per heavy atom. The molecule has 3 N–H and O–H groups in total. The van der Waals surface area contributed by atoms with Crippen molar-refractivity contribution in [3.8, 4) is 0 Å². The van der Waals surface area contributed by atoms with Crippen molar-refractivity contribution in [2.75, 3.05) is 5.73 Å². The molecule has 0 fully saturated rings. The zero-order valence-electron chi connectivity index (χ0n) is 11.8. The van der Waals surface area contributed by atoms with Gasteiger partial charge in [-0.3, -0.25) is 4.68 Å². The van der Waals surface area contributed by atoms with Crippen molar-refractivity contribution < 1.29 is 9.50 Å². The second-order valence-corrected chi connectivity index (χ2v) is 5.04. The Labute approximate surface area is 118 Å². The highest BCUT2D eigenvalue weighted by molar-refractivity contribution is 5.48. The Balaban J connectivity index is 2.13. The second kappa shape index (κ2) is 6.05. The summed E-state index contributed by atoms with van der Waals surface area (Å²) in [6.07, 6.45) is 2.34. The predicted octanol–water partition coefficient (Wildman–Crippen LogP) is 2.85. The van der Waals surface area contributed by atoms with Crippen LogP contribution in [0.3, 0.4) is 0 Å². The largest absolute Gasteiger partial charge is 0.398 e. The molecule has 0 aliphatic rings. The van der Waals surface area contributed by atoms with E-state index in [0.29, 0.717) is 23.7 Å². The Morgan fingerprint density at radius 3 is 2.85 bits per heavy atom. The van der Waals surface area contributed by atoms with Crippen LogP contribution in [0.15, 0.2) is 30.5 Å². The highest BCUT2D eigenvalue weighted by Crippen LogP contribution is 2.24. The molecule has 1 aromatic heterocycles. The van der Waals surface area contributed by atoms with Gasteiger partial charge in [-0.2, -0.15) is 5.10 Å². The third-order valence-electron chi connectivity index (χ3n) is 3.52. The van der Waals surface area contributed by atoms with Gasteiger partial charge in [0.1, 0.15) is 5.82 Å². The third-order valence-corrected chi connectivity index (χ3v) is 3.52. The van der Waals surface area contributed by atoms with E-state index in [1.54, 1.807) is 0 Å². The van der Waals surface area contributed by atoms with E-state index in [-0.39, 0.29) is 0 Å². The van der Waals surface area contributed by atoms with E-state index < -0.39 is 11.9 Å². The summed E-state index contributed by atoms with van der Waals surface area (Å²) in [4.78, 5) is 0. The molecule has 2 atom stereocenters. The molecular weight excluding hydrogens is 257 g/mol. The van der Waals surface area contributed by atoms with Crippen molar-refractivity contribution in [3.05, 3.63) is 47.5 Å². The van der Waals surface area contributed by atoms with Gasteiger partial charge in [-0.15, -0.1) is 0 Å². The van der Waals surface area contributed by atoms with Crippen LogP contribution in [-0.2, 0) is 6.42 Å². The van der Waals surface area contributed by atoms with Gasteiger partial charge < -0.3 is 10.8 Å². The monoisotopic (exact) mass is 277 g/mol. The number of nitrogen functional groups attached to an aromatic ring is 1. The highest BCUT2D eigenvalue weighted by Gasteiger charge is 2.15. The van der Waals surface area contributed by atoms with Gasteiger partial charge in [0.05, 0.1) is 11.8 Å². The van der Waals surface area contributed by atoms with E-state index in [2.05, 4.69) is 18.9 Å². The summed E-state index contributed by atoms with van der Waals surface area (Å²) >= 11 is 0. The molecule has 1 aromatic carbocycles. The van der Waals surface area contributed by atoms with E-state index in [0.717, 1.165) is 12.1 Å². The number of hydrogen-bond donors (Lipinski definition) is 2. The maximum Gasteiger partial charge on any atom is 0.123 e. The van der Waals surface area contributed by atoms with Crippen molar-refractivity contribution in [2.45, 2.75) is 38.8 Å². The van der Waals surface area contributed by atoms with Gasteiger partial charge in [-0.1, -0.05) is 6.92 Å². The zero-order valence-corrected chi connectivity index (χ0v) is 11.8. The molecule has 0 spiro atoms. The molecule has 5 heteroatoms. The lowest BCUT2D eigenvalue weighted by Crippen LogP contribution is -2.08. The number of aliphatic hydroxyl groups excluding tert-OH is 1. The van der Waals surface area contributed by atoms with Crippen LogP contribution in [0.25, 0.3) is 0 Å². The number of hydrogen-bond acceptors (Lipinski definition) is 3. The summed E-state index contributed by atoms with van der Waals surface area (Å²) in [5.74, 6) is -0.404. The first-order valence-electron chi connectivity index (χ1n) is 6.78. The lowest BCUT2D eigenvalue weighted by atomic mass is 10.0. The molecule has 1 heterocycles. The number of aliphatic hydroxyl groups is 1. The zero-order chi connectivity index (χ0) is 14.7. The fourth-order valence-corrected chi connectivity index (χ4v) is 2.06. The fraction of sp³-hybridized carbons (Fsp3) is 0.400. The normalized spacial score (nSPS) is 14.2. The SMILES string of the molecule is CCC(C)n1ccc(CC(O)c2cc(F)ccc2N)n1. The Morgan fingerprint density at radius 1 is 1.40 bits per heavy atom. The molecule has 0 amide bonds. The lowest BCUT2D eigenvalue weighted by molar-refractivity contribution is 0.177. The fourth-order valence-electron chi connectivity index (χ4n) is 2.06. The van der Waals surface area contributed by atoms with Gasteiger partial charge in [0, 0.05) is 29.9 Å². The molecule has 0 saturated carbocycles. The van der Waals surface area contributed by atoms with Crippen molar-refractivity contribution >= 4 is 5.69 Å². The summed E-state index contributed by atoms with van der Waals surface area (Å²) in [6, 6.07) is 6.20. The average molecular weight is 277 g/mol. The Kier molecular flexibility index (Phi) is 4.39. The quantitative estimate of drug-likeness (QED) is 0.826. The summed E-state index contributed by atoms with van der Waals surface area (Å²) in [5.41, 5.74) is 7.33. The van der Waals surface area contributed by atoms with E-state index in [1.807, 2.05) is 16.9 Å². The molecule has 108 valence electrons. The topological polar surface area (TPSA) is 64.1 Å². The van der Waals surface area contributed by atoms with Gasteiger partial charge in [0.25, 0.3) is 0 Å². The molecule has 2 rings (SSSR count). The van der Waals surface area contributed by atoms with E-state index in [9.17, 15) is 9.50 Å². The number of anilines is 1. The van der Waals surface area contributed by atoms with Crippen LogP contribution in [0.5, 0.6) is 0 Å². The number of nitrogens with two attached hydrogens (primary N) is 1. The average Bonchev–Trinajstić information content (AvgIpc) is 2.89. The summed E-state index contributed by atoms with van der Waals surface area (Å²) in [7, 11) is 0. The molecule has 0 aliphatic heterocycles. The summed E-state index contributed by atoms with van der Waals surface area (Å²) in [5, 5.41) is 14.6. The smallest absolute Gasteiger partial charge is 0.123 e. The minimum atomic E-state index is -0.856. The molecule has 0 saturated heterocycles. The first kappa shape index (κ1) is 14.5. The van der Waals surface area contributed by atoms with Crippen LogP contribution in [0.4, 0.5) is 10.1 Å². The van der Waals surface area contributed by atoms with Gasteiger partial charge >= 0.3 is 0 Å². The van der Waals surface area contributed by atoms with Crippen molar-refractivity contribution in [3.63, 3.8) is 0 Å². The van der Waals surface area contributed by atoms with Crippen molar-refractivity contribution in [2.24, 2.45) is 0 Å². The van der Waals surface area contributed by atoms with Crippen molar-refractivity contribution in [1.82, 2.24) is 9.78 Å². The Hall–Kier alpha value is -1.88. The van der Waals surface area contributed by atoms with Crippen LogP contribution < -0.4 is 5.73 Å². The summed E-state index contributed by atoms with van der Waals surface area (Å²) in [6.45, 7) is 4.17. The molecule has 0 bridgehead atoms. The van der Waals surface area contributed by atoms with Crippen LogP contribution in [0.2, 0.25) is 0 Å². The highest BCUT2D eigenvalue weighted by atomic mass is 19.1. The lowest BCUT2D eigenvalue weighted by Gasteiger charge is -2.13. The van der Waals surface area contributed by atoms with Crippen LogP contribution >= 0.6 is 0 Å². The molecule has 0 aliphatic carbocycles. The van der Waals surface area contributed by atoms with Crippen LogP contribution in [-0.4, -0.2) is 14.9 Å². The number of halogens is 1.